The summed E-state index contributed by atoms with van der Waals surface area (Å²) in [5.74, 6) is 0.743. The van der Waals surface area contributed by atoms with Crippen molar-refractivity contribution in [1.29, 1.82) is 0 Å². The summed E-state index contributed by atoms with van der Waals surface area (Å²) in [4.78, 5) is 17.5. The van der Waals surface area contributed by atoms with Gasteiger partial charge in [-0.05, 0) is 41.0 Å². The van der Waals surface area contributed by atoms with Crippen LogP contribution in [0.4, 0.5) is 0 Å². The fourth-order valence-electron chi connectivity index (χ4n) is 4.56. The Labute approximate surface area is 189 Å². The molecule has 8 bridgehead atoms. The molecule has 7 rings (SSSR count). The number of nitrogens with one attached hydrogen (secondary N) is 3. The van der Waals surface area contributed by atoms with Crippen molar-refractivity contribution in [1.82, 2.24) is 35.5 Å². The minimum absolute atomic E-state index is 0.658. The van der Waals surface area contributed by atoms with Crippen LogP contribution in [0.1, 0.15) is 11.1 Å². The van der Waals surface area contributed by atoms with Gasteiger partial charge in [0.15, 0.2) is 11.5 Å². The standard InChI is InChI=1S/C26H19N7/c1-3-15-7-17(4-1)20-5-2-6-22-23(20)31-26(30-22)24-21-9-19(14-29-25(21)33-32-24)18-8-16(11-27-10-15)12-28-13-18/h1-9,12-14,27H,10-11H2,(H,30,31)(H,29,32,33). The predicted molar refractivity (Wildman–Crippen MR) is 128 cm³/mol. The zero-order valence-electron chi connectivity index (χ0n) is 17.6. The molecule has 0 amide bonds. The lowest BCUT2D eigenvalue weighted by molar-refractivity contribution is 0.692. The maximum atomic E-state index is 4.99. The van der Waals surface area contributed by atoms with Crippen molar-refractivity contribution in [3.05, 3.63) is 84.3 Å². The Morgan fingerprint density at radius 2 is 1.67 bits per heavy atom. The van der Waals surface area contributed by atoms with Crippen LogP contribution < -0.4 is 5.32 Å². The number of aromatic nitrogens is 6. The molecule has 2 aromatic carbocycles. The molecule has 0 unspecified atom stereocenters. The van der Waals surface area contributed by atoms with Crippen LogP contribution in [-0.2, 0) is 13.1 Å². The molecule has 158 valence electrons. The number of hydrogen-bond donors (Lipinski definition) is 3. The maximum Gasteiger partial charge on any atom is 0.181 e. The molecule has 1 aliphatic rings. The summed E-state index contributed by atoms with van der Waals surface area (Å²) >= 11 is 0. The van der Waals surface area contributed by atoms with Crippen LogP contribution in [0, 0.1) is 0 Å². The molecule has 0 fully saturated rings. The number of aromatic amines is 2. The number of benzene rings is 2. The SMILES string of the molecule is c1cc2cc(c1)-c1cccc3[nH]c(nc13)-c1[nH]nc3ncc(cc13)-c1cncc(c1)CNC2. The fraction of sp³-hybridized carbons (Fsp3) is 0.0769. The Morgan fingerprint density at radius 1 is 0.788 bits per heavy atom. The van der Waals surface area contributed by atoms with Crippen LogP contribution in [0.15, 0.2) is 73.2 Å². The first-order chi connectivity index (χ1) is 16.3. The van der Waals surface area contributed by atoms with Crippen molar-refractivity contribution in [2.24, 2.45) is 0 Å². The number of pyridine rings is 2. The molecule has 0 radical (unpaired) electrons. The van der Waals surface area contributed by atoms with Crippen molar-refractivity contribution < 1.29 is 0 Å². The van der Waals surface area contributed by atoms with Gasteiger partial charge in [0.05, 0.1) is 16.4 Å². The van der Waals surface area contributed by atoms with Gasteiger partial charge in [0.2, 0.25) is 0 Å². The van der Waals surface area contributed by atoms with Gasteiger partial charge in [-0.3, -0.25) is 10.1 Å². The molecule has 0 spiro atoms. The lowest BCUT2D eigenvalue weighted by Crippen LogP contribution is -2.13. The van der Waals surface area contributed by atoms with E-state index in [1.807, 2.05) is 18.6 Å². The summed E-state index contributed by atoms with van der Waals surface area (Å²) in [6.45, 7) is 1.50. The van der Waals surface area contributed by atoms with Crippen LogP contribution in [0.25, 0.3) is 55.8 Å². The third-order valence-corrected chi connectivity index (χ3v) is 6.18. The Hall–Kier alpha value is -4.36. The van der Waals surface area contributed by atoms with E-state index in [4.69, 9.17) is 4.98 Å². The molecule has 0 saturated heterocycles. The fourth-order valence-corrected chi connectivity index (χ4v) is 4.56. The molecular formula is C26H19N7. The van der Waals surface area contributed by atoms with Gasteiger partial charge in [0.1, 0.15) is 5.69 Å². The van der Waals surface area contributed by atoms with Gasteiger partial charge in [-0.25, -0.2) is 9.97 Å². The highest BCUT2D eigenvalue weighted by Gasteiger charge is 2.16. The van der Waals surface area contributed by atoms with Gasteiger partial charge in [-0.1, -0.05) is 30.3 Å². The summed E-state index contributed by atoms with van der Waals surface area (Å²) < 4.78 is 0. The highest BCUT2D eigenvalue weighted by atomic mass is 15.2. The predicted octanol–water partition coefficient (Wildman–Crippen LogP) is 4.83. The minimum Gasteiger partial charge on any atom is -0.337 e. The van der Waals surface area contributed by atoms with E-state index in [0.29, 0.717) is 5.65 Å². The van der Waals surface area contributed by atoms with E-state index in [0.717, 1.165) is 68.8 Å². The van der Waals surface area contributed by atoms with E-state index < -0.39 is 0 Å². The van der Waals surface area contributed by atoms with Crippen LogP contribution in [-0.4, -0.2) is 30.1 Å². The minimum atomic E-state index is 0.658. The molecule has 0 saturated carbocycles. The Morgan fingerprint density at radius 3 is 2.67 bits per heavy atom. The number of para-hydroxylation sites is 1. The van der Waals surface area contributed by atoms with Gasteiger partial charge < -0.3 is 10.3 Å². The molecule has 1 aliphatic heterocycles. The topological polar surface area (TPSA) is 95.2 Å². The van der Waals surface area contributed by atoms with E-state index in [9.17, 15) is 0 Å². The maximum absolute atomic E-state index is 4.99. The van der Waals surface area contributed by atoms with E-state index in [1.54, 1.807) is 0 Å². The van der Waals surface area contributed by atoms with Crippen molar-refractivity contribution in [2.45, 2.75) is 13.1 Å². The molecule has 0 atom stereocenters. The van der Waals surface area contributed by atoms with E-state index >= 15 is 0 Å². The Kier molecular flexibility index (Phi) is 3.91. The molecule has 4 aromatic heterocycles. The van der Waals surface area contributed by atoms with Gasteiger partial charge in [-0.2, -0.15) is 5.10 Å². The van der Waals surface area contributed by atoms with Gasteiger partial charge >= 0.3 is 0 Å². The number of nitrogens with zero attached hydrogens (tertiary/aromatic N) is 4. The van der Waals surface area contributed by atoms with Crippen molar-refractivity contribution >= 4 is 22.1 Å². The number of H-pyrrole nitrogens is 2. The van der Waals surface area contributed by atoms with E-state index in [1.165, 1.54) is 5.56 Å². The summed E-state index contributed by atoms with van der Waals surface area (Å²) in [6.07, 6.45) is 5.62. The first kappa shape index (κ1) is 18.2. The monoisotopic (exact) mass is 429 g/mol. The number of hydrogen-bond acceptors (Lipinski definition) is 5. The quantitative estimate of drug-likeness (QED) is 0.321. The van der Waals surface area contributed by atoms with Gasteiger partial charge in [0, 0.05) is 48.4 Å². The van der Waals surface area contributed by atoms with Crippen LogP contribution >= 0.6 is 0 Å². The number of rotatable bonds is 0. The zero-order chi connectivity index (χ0) is 21.8. The summed E-state index contributed by atoms with van der Waals surface area (Å²) in [6, 6.07) is 19.1. The molecule has 5 heterocycles. The first-order valence-corrected chi connectivity index (χ1v) is 10.9. The molecule has 33 heavy (non-hydrogen) atoms. The van der Waals surface area contributed by atoms with Crippen molar-refractivity contribution in [3.8, 4) is 33.8 Å². The lowest BCUT2D eigenvalue weighted by Gasteiger charge is -2.09. The van der Waals surface area contributed by atoms with Crippen LogP contribution in [0.2, 0.25) is 0 Å². The zero-order valence-corrected chi connectivity index (χ0v) is 17.6. The summed E-state index contributed by atoms with van der Waals surface area (Å²) in [5, 5.41) is 12.0. The third-order valence-electron chi connectivity index (χ3n) is 6.18. The molecular weight excluding hydrogens is 410 g/mol. The first-order valence-electron chi connectivity index (χ1n) is 10.9. The molecule has 7 nitrogen and oxygen atoms in total. The second-order valence-corrected chi connectivity index (χ2v) is 8.37. The molecule has 0 aliphatic carbocycles. The van der Waals surface area contributed by atoms with Crippen LogP contribution in [0.5, 0.6) is 0 Å². The van der Waals surface area contributed by atoms with E-state index in [2.05, 4.69) is 85.1 Å². The van der Waals surface area contributed by atoms with Crippen molar-refractivity contribution in [3.63, 3.8) is 0 Å². The average molecular weight is 429 g/mol. The third kappa shape index (κ3) is 3.01. The summed E-state index contributed by atoms with van der Waals surface area (Å²) in [5.41, 5.74) is 10.0. The molecule has 6 aromatic rings. The second-order valence-electron chi connectivity index (χ2n) is 8.37. The highest BCUT2D eigenvalue weighted by Crippen LogP contribution is 2.33. The highest BCUT2D eigenvalue weighted by molar-refractivity contribution is 5.97. The molecule has 3 N–H and O–H groups in total. The van der Waals surface area contributed by atoms with Gasteiger partial charge in [-0.15, -0.1) is 0 Å². The van der Waals surface area contributed by atoms with Crippen molar-refractivity contribution in [2.75, 3.05) is 0 Å². The smallest absolute Gasteiger partial charge is 0.181 e. The Bertz CT molecular complexity index is 1660. The lowest BCUT2D eigenvalue weighted by atomic mass is 10.0. The number of fused-ring (bicyclic) bond motifs is 9. The Balaban J connectivity index is 1.51. The van der Waals surface area contributed by atoms with Gasteiger partial charge in [0.25, 0.3) is 0 Å². The average Bonchev–Trinajstić information content (AvgIpc) is 3.47. The number of imidazole rings is 1. The second kappa shape index (κ2) is 7.08. The normalized spacial score (nSPS) is 13.1. The van der Waals surface area contributed by atoms with E-state index in [-0.39, 0.29) is 0 Å². The summed E-state index contributed by atoms with van der Waals surface area (Å²) in [7, 11) is 0. The largest absolute Gasteiger partial charge is 0.337 e. The van der Waals surface area contributed by atoms with Crippen LogP contribution in [0.3, 0.4) is 0 Å². The molecule has 7 heteroatoms.